The molecule has 0 unspecified atom stereocenters. The summed E-state index contributed by atoms with van der Waals surface area (Å²) in [6.07, 6.45) is 3.45. The van der Waals surface area contributed by atoms with E-state index in [0.717, 1.165) is 5.56 Å². The lowest BCUT2D eigenvalue weighted by Crippen LogP contribution is -2.38. The average Bonchev–Trinajstić information content (AvgIpc) is 2.36. The van der Waals surface area contributed by atoms with Crippen LogP contribution < -0.4 is 5.32 Å². The average molecular weight is 233 g/mol. The summed E-state index contributed by atoms with van der Waals surface area (Å²) in [5.41, 5.74) is 1.11. The molecule has 0 saturated carbocycles. The van der Waals surface area contributed by atoms with Crippen LogP contribution in [0, 0.1) is 0 Å². The number of carbonyl (C=O) groups excluding carboxylic acids is 1. The maximum Gasteiger partial charge on any atom is 0.220 e. The molecule has 0 fully saturated rings. The fourth-order valence-electron chi connectivity index (χ4n) is 1.59. The maximum absolute atomic E-state index is 11.5. The molecule has 0 aliphatic carbocycles. The molecule has 1 atom stereocenters. The molecule has 92 valence electrons. The highest BCUT2D eigenvalue weighted by Gasteiger charge is 2.11. The van der Waals surface area contributed by atoms with E-state index in [9.17, 15) is 9.90 Å². The van der Waals surface area contributed by atoms with Gasteiger partial charge in [-0.15, -0.1) is 6.58 Å². The minimum atomic E-state index is -0.213. The fraction of sp³-hybridized carbons (Fsp3) is 0.357. The van der Waals surface area contributed by atoms with E-state index in [-0.39, 0.29) is 18.6 Å². The molecule has 0 bridgehead atoms. The van der Waals surface area contributed by atoms with Crippen LogP contribution in [0.4, 0.5) is 0 Å². The minimum absolute atomic E-state index is 0.0418. The highest BCUT2D eigenvalue weighted by atomic mass is 16.3. The molecule has 1 aromatic carbocycles. The molecule has 1 aromatic rings. The zero-order valence-electron chi connectivity index (χ0n) is 9.93. The number of nitrogens with one attached hydrogen (secondary N) is 1. The van der Waals surface area contributed by atoms with Crippen molar-refractivity contribution in [3.63, 3.8) is 0 Å². The molecule has 0 aromatic heterocycles. The zero-order chi connectivity index (χ0) is 12.5. The van der Waals surface area contributed by atoms with Crippen molar-refractivity contribution < 1.29 is 9.90 Å². The second-order valence-corrected chi connectivity index (χ2v) is 3.96. The van der Waals surface area contributed by atoms with Gasteiger partial charge < -0.3 is 10.4 Å². The Morgan fingerprint density at radius 1 is 1.41 bits per heavy atom. The Morgan fingerprint density at radius 2 is 2.12 bits per heavy atom. The number of hydrogen-bond donors (Lipinski definition) is 2. The van der Waals surface area contributed by atoms with Gasteiger partial charge >= 0.3 is 0 Å². The Bertz CT molecular complexity index is 348. The topological polar surface area (TPSA) is 49.3 Å². The summed E-state index contributed by atoms with van der Waals surface area (Å²) in [4.78, 5) is 11.5. The molecule has 0 aliphatic rings. The van der Waals surface area contributed by atoms with Crippen LogP contribution in [0.2, 0.25) is 0 Å². The van der Waals surface area contributed by atoms with Crippen LogP contribution >= 0.6 is 0 Å². The molecule has 3 nitrogen and oxygen atoms in total. The lowest BCUT2D eigenvalue weighted by atomic mass is 10.1. The van der Waals surface area contributed by atoms with E-state index in [1.165, 1.54) is 0 Å². The van der Waals surface area contributed by atoms with Crippen molar-refractivity contribution in [2.75, 3.05) is 6.61 Å². The van der Waals surface area contributed by atoms with Gasteiger partial charge in [0.15, 0.2) is 0 Å². The Hall–Kier alpha value is -1.61. The second kappa shape index (κ2) is 7.63. The SMILES string of the molecule is C=CCCC(=O)N[C@@H](CO)Cc1ccccc1. The quantitative estimate of drug-likeness (QED) is 0.704. The minimum Gasteiger partial charge on any atom is -0.394 e. The van der Waals surface area contributed by atoms with E-state index in [0.29, 0.717) is 19.3 Å². The molecule has 0 radical (unpaired) electrons. The third-order valence-corrected chi connectivity index (χ3v) is 2.49. The summed E-state index contributed by atoms with van der Waals surface area (Å²) in [5.74, 6) is -0.0418. The fourth-order valence-corrected chi connectivity index (χ4v) is 1.59. The van der Waals surface area contributed by atoms with Gasteiger partial charge in [-0.1, -0.05) is 36.4 Å². The van der Waals surface area contributed by atoms with Crippen LogP contribution in [-0.2, 0) is 11.2 Å². The molecule has 1 amide bonds. The van der Waals surface area contributed by atoms with E-state index in [1.54, 1.807) is 6.08 Å². The third kappa shape index (κ3) is 5.31. The highest BCUT2D eigenvalue weighted by Crippen LogP contribution is 2.03. The molecule has 0 saturated heterocycles. The lowest BCUT2D eigenvalue weighted by Gasteiger charge is -2.16. The van der Waals surface area contributed by atoms with Gasteiger partial charge in [0.05, 0.1) is 12.6 Å². The van der Waals surface area contributed by atoms with Gasteiger partial charge in [0.25, 0.3) is 0 Å². The van der Waals surface area contributed by atoms with Crippen molar-refractivity contribution in [1.29, 1.82) is 0 Å². The first-order valence-corrected chi connectivity index (χ1v) is 5.81. The number of hydrogen-bond acceptors (Lipinski definition) is 2. The number of benzene rings is 1. The van der Waals surface area contributed by atoms with E-state index in [2.05, 4.69) is 11.9 Å². The van der Waals surface area contributed by atoms with Crippen molar-refractivity contribution >= 4 is 5.91 Å². The van der Waals surface area contributed by atoms with Gasteiger partial charge in [-0.05, 0) is 18.4 Å². The summed E-state index contributed by atoms with van der Waals surface area (Å²) < 4.78 is 0. The Labute approximate surface area is 102 Å². The van der Waals surface area contributed by atoms with Crippen molar-refractivity contribution in [3.8, 4) is 0 Å². The number of allylic oxidation sites excluding steroid dienone is 1. The summed E-state index contributed by atoms with van der Waals surface area (Å²) >= 11 is 0. The Balaban J connectivity index is 2.43. The normalized spacial score (nSPS) is 11.8. The van der Waals surface area contributed by atoms with E-state index in [1.807, 2.05) is 30.3 Å². The smallest absolute Gasteiger partial charge is 0.220 e. The number of aliphatic hydroxyl groups excluding tert-OH is 1. The first-order valence-electron chi connectivity index (χ1n) is 5.81. The van der Waals surface area contributed by atoms with Gasteiger partial charge in [0, 0.05) is 6.42 Å². The summed E-state index contributed by atoms with van der Waals surface area (Å²) in [5, 5.41) is 12.0. The zero-order valence-corrected chi connectivity index (χ0v) is 9.93. The van der Waals surface area contributed by atoms with E-state index < -0.39 is 0 Å². The van der Waals surface area contributed by atoms with Crippen molar-refractivity contribution in [2.45, 2.75) is 25.3 Å². The largest absolute Gasteiger partial charge is 0.394 e. The first-order chi connectivity index (χ1) is 8.26. The van der Waals surface area contributed by atoms with Crippen molar-refractivity contribution in [3.05, 3.63) is 48.6 Å². The van der Waals surface area contributed by atoms with Gasteiger partial charge in [-0.2, -0.15) is 0 Å². The lowest BCUT2D eigenvalue weighted by molar-refractivity contribution is -0.122. The van der Waals surface area contributed by atoms with Crippen molar-refractivity contribution in [2.24, 2.45) is 0 Å². The Kier molecular flexibility index (Phi) is 6.04. The van der Waals surface area contributed by atoms with Crippen LogP contribution in [0.3, 0.4) is 0 Å². The standard InChI is InChI=1S/C14H19NO2/c1-2-3-9-14(17)15-13(11-16)10-12-7-5-4-6-8-12/h2,4-8,13,16H,1,3,9-11H2,(H,15,17)/t13-/m1/s1. The van der Waals surface area contributed by atoms with Crippen LogP contribution in [0.15, 0.2) is 43.0 Å². The second-order valence-electron chi connectivity index (χ2n) is 3.96. The molecule has 3 heteroatoms. The van der Waals surface area contributed by atoms with Gasteiger partial charge in [-0.25, -0.2) is 0 Å². The summed E-state index contributed by atoms with van der Waals surface area (Å²) in [7, 11) is 0. The molecule has 0 heterocycles. The predicted molar refractivity (Wildman–Crippen MR) is 68.6 cm³/mol. The monoisotopic (exact) mass is 233 g/mol. The summed E-state index contributed by atoms with van der Waals surface area (Å²) in [6.45, 7) is 3.52. The van der Waals surface area contributed by atoms with Crippen LogP contribution in [0.1, 0.15) is 18.4 Å². The van der Waals surface area contributed by atoms with Gasteiger partial charge in [-0.3, -0.25) is 4.79 Å². The number of rotatable bonds is 7. The molecule has 0 aliphatic heterocycles. The Morgan fingerprint density at radius 3 is 2.71 bits per heavy atom. The molecular formula is C14H19NO2. The number of carbonyl (C=O) groups is 1. The van der Waals surface area contributed by atoms with Gasteiger partial charge in [0.2, 0.25) is 5.91 Å². The maximum atomic E-state index is 11.5. The number of amides is 1. The van der Waals surface area contributed by atoms with Gasteiger partial charge in [0.1, 0.15) is 0 Å². The first kappa shape index (κ1) is 13.5. The molecule has 17 heavy (non-hydrogen) atoms. The van der Waals surface area contributed by atoms with E-state index >= 15 is 0 Å². The van der Waals surface area contributed by atoms with Crippen LogP contribution in [-0.4, -0.2) is 23.7 Å². The third-order valence-electron chi connectivity index (χ3n) is 2.49. The van der Waals surface area contributed by atoms with E-state index in [4.69, 9.17) is 0 Å². The highest BCUT2D eigenvalue weighted by molar-refractivity contribution is 5.76. The predicted octanol–water partition coefficient (Wildman–Crippen LogP) is 1.67. The molecule has 2 N–H and O–H groups in total. The molecule has 1 rings (SSSR count). The van der Waals surface area contributed by atoms with Crippen LogP contribution in [0.5, 0.6) is 0 Å². The van der Waals surface area contributed by atoms with Crippen molar-refractivity contribution in [1.82, 2.24) is 5.32 Å². The van der Waals surface area contributed by atoms with Crippen LogP contribution in [0.25, 0.3) is 0 Å². The molecule has 0 spiro atoms. The summed E-state index contributed by atoms with van der Waals surface area (Å²) in [6, 6.07) is 9.60. The molecular weight excluding hydrogens is 214 g/mol. The number of aliphatic hydroxyl groups is 1.